The molecule has 0 fully saturated rings. The summed E-state index contributed by atoms with van der Waals surface area (Å²) in [4.78, 5) is 4.89. The molecule has 0 unspecified atom stereocenters. The van der Waals surface area contributed by atoms with Crippen molar-refractivity contribution in [3.05, 3.63) is 42.0 Å². The maximum absolute atomic E-state index is 5.59. The predicted molar refractivity (Wildman–Crippen MR) is 104 cm³/mol. The van der Waals surface area contributed by atoms with Gasteiger partial charge in [0, 0.05) is 19.2 Å². The summed E-state index contributed by atoms with van der Waals surface area (Å²) >= 11 is 0. The monoisotopic (exact) mass is 354 g/mol. The smallest absolute Gasteiger partial charge is 0.146 e. The molecule has 0 aliphatic rings. The van der Waals surface area contributed by atoms with Gasteiger partial charge in [0.05, 0.1) is 20.8 Å². The summed E-state index contributed by atoms with van der Waals surface area (Å²) in [6.45, 7) is 5.65. The second-order valence-corrected chi connectivity index (χ2v) is 6.52. The van der Waals surface area contributed by atoms with Crippen molar-refractivity contribution in [1.82, 2.24) is 9.55 Å². The molecule has 0 bridgehead atoms. The molecule has 0 aliphatic heterocycles. The molecule has 0 atom stereocenters. The molecule has 26 heavy (non-hydrogen) atoms. The Labute approximate surface area is 154 Å². The van der Waals surface area contributed by atoms with Gasteiger partial charge in [0.1, 0.15) is 28.4 Å². The fourth-order valence-corrected chi connectivity index (χ4v) is 3.15. The van der Waals surface area contributed by atoms with E-state index in [-0.39, 0.29) is 0 Å². The van der Waals surface area contributed by atoms with E-state index in [2.05, 4.69) is 42.7 Å². The standard InChI is InChI=1S/C21H26N2O3/c1-14(2)15-6-8-16(9-7-15)21-22-19-17(25-4)10-11-18(26-5)20(19)23(21)12-13-24-3/h6-11,14H,12-13H2,1-5H3. The van der Waals surface area contributed by atoms with Crippen LogP contribution in [0.1, 0.15) is 25.3 Å². The topological polar surface area (TPSA) is 45.5 Å². The summed E-state index contributed by atoms with van der Waals surface area (Å²) in [5, 5.41) is 0. The number of rotatable bonds is 7. The zero-order valence-electron chi connectivity index (χ0n) is 16.1. The Kier molecular flexibility index (Phi) is 5.47. The van der Waals surface area contributed by atoms with E-state index in [0.29, 0.717) is 19.1 Å². The quantitative estimate of drug-likeness (QED) is 0.627. The highest BCUT2D eigenvalue weighted by Gasteiger charge is 2.19. The SMILES string of the molecule is COCCn1c(-c2ccc(C(C)C)cc2)nc2c(OC)ccc(OC)c21. The average Bonchev–Trinajstić information content (AvgIpc) is 3.05. The van der Waals surface area contributed by atoms with E-state index in [9.17, 15) is 0 Å². The van der Waals surface area contributed by atoms with E-state index < -0.39 is 0 Å². The van der Waals surface area contributed by atoms with Gasteiger partial charge in [-0.3, -0.25) is 0 Å². The maximum atomic E-state index is 5.59. The lowest BCUT2D eigenvalue weighted by atomic mass is 10.0. The van der Waals surface area contributed by atoms with Gasteiger partial charge in [-0.2, -0.15) is 0 Å². The van der Waals surface area contributed by atoms with Crippen LogP contribution < -0.4 is 9.47 Å². The van der Waals surface area contributed by atoms with Crippen LogP contribution in [0.4, 0.5) is 0 Å². The molecular weight excluding hydrogens is 328 g/mol. The Morgan fingerprint density at radius 3 is 2.15 bits per heavy atom. The van der Waals surface area contributed by atoms with Crippen molar-refractivity contribution in [3.63, 3.8) is 0 Å². The van der Waals surface area contributed by atoms with Crippen LogP contribution in [0.25, 0.3) is 22.4 Å². The third kappa shape index (κ3) is 3.27. The molecule has 138 valence electrons. The average molecular weight is 354 g/mol. The number of hydrogen-bond acceptors (Lipinski definition) is 4. The van der Waals surface area contributed by atoms with Crippen LogP contribution in [0.2, 0.25) is 0 Å². The zero-order chi connectivity index (χ0) is 18.7. The number of nitrogens with zero attached hydrogens (tertiary/aromatic N) is 2. The molecule has 0 saturated heterocycles. The Bertz CT molecular complexity index is 882. The van der Waals surface area contributed by atoms with Crippen LogP contribution in [0, 0.1) is 0 Å². The van der Waals surface area contributed by atoms with E-state index in [0.717, 1.165) is 33.9 Å². The minimum Gasteiger partial charge on any atom is -0.494 e. The van der Waals surface area contributed by atoms with Crippen LogP contribution in [0.15, 0.2) is 36.4 Å². The van der Waals surface area contributed by atoms with Crippen LogP contribution in [-0.2, 0) is 11.3 Å². The summed E-state index contributed by atoms with van der Waals surface area (Å²) < 4.78 is 18.6. The van der Waals surface area contributed by atoms with Gasteiger partial charge < -0.3 is 18.8 Å². The molecule has 0 radical (unpaired) electrons. The largest absolute Gasteiger partial charge is 0.494 e. The molecule has 0 saturated carbocycles. The molecule has 3 aromatic rings. The number of fused-ring (bicyclic) bond motifs is 1. The number of benzene rings is 2. The Morgan fingerprint density at radius 2 is 1.58 bits per heavy atom. The molecule has 0 spiro atoms. The molecule has 5 nitrogen and oxygen atoms in total. The molecule has 0 aliphatic carbocycles. The molecule has 0 amide bonds. The van der Waals surface area contributed by atoms with E-state index in [1.54, 1.807) is 21.3 Å². The van der Waals surface area contributed by atoms with Gasteiger partial charge in [0.15, 0.2) is 0 Å². The Hall–Kier alpha value is -2.53. The number of ether oxygens (including phenoxy) is 3. The first-order valence-electron chi connectivity index (χ1n) is 8.81. The molecule has 5 heteroatoms. The number of methoxy groups -OCH3 is 3. The first-order valence-corrected chi connectivity index (χ1v) is 8.81. The van der Waals surface area contributed by atoms with Crippen LogP contribution in [0.3, 0.4) is 0 Å². The third-order valence-corrected chi connectivity index (χ3v) is 4.61. The Balaban J connectivity index is 2.23. The van der Waals surface area contributed by atoms with Gasteiger partial charge in [-0.15, -0.1) is 0 Å². The minimum absolute atomic E-state index is 0.497. The van der Waals surface area contributed by atoms with Gasteiger partial charge >= 0.3 is 0 Å². The fraction of sp³-hybridized carbons (Fsp3) is 0.381. The fourth-order valence-electron chi connectivity index (χ4n) is 3.15. The summed E-state index contributed by atoms with van der Waals surface area (Å²) in [5.41, 5.74) is 4.09. The normalized spacial score (nSPS) is 11.3. The van der Waals surface area contributed by atoms with Crippen molar-refractivity contribution in [3.8, 4) is 22.9 Å². The van der Waals surface area contributed by atoms with Crippen molar-refractivity contribution in [2.45, 2.75) is 26.3 Å². The van der Waals surface area contributed by atoms with Gasteiger partial charge in [-0.25, -0.2) is 4.98 Å². The van der Waals surface area contributed by atoms with Gasteiger partial charge in [-0.1, -0.05) is 38.1 Å². The van der Waals surface area contributed by atoms with Crippen molar-refractivity contribution < 1.29 is 14.2 Å². The van der Waals surface area contributed by atoms with Crippen molar-refractivity contribution >= 4 is 11.0 Å². The van der Waals surface area contributed by atoms with Crippen molar-refractivity contribution in [1.29, 1.82) is 0 Å². The van der Waals surface area contributed by atoms with E-state index in [4.69, 9.17) is 19.2 Å². The maximum Gasteiger partial charge on any atom is 0.146 e. The second kappa shape index (κ2) is 7.79. The molecule has 0 N–H and O–H groups in total. The minimum atomic E-state index is 0.497. The highest BCUT2D eigenvalue weighted by atomic mass is 16.5. The lowest BCUT2D eigenvalue weighted by Gasteiger charge is -2.12. The lowest BCUT2D eigenvalue weighted by Crippen LogP contribution is -2.07. The van der Waals surface area contributed by atoms with E-state index in [1.807, 2.05) is 12.1 Å². The van der Waals surface area contributed by atoms with E-state index in [1.165, 1.54) is 5.56 Å². The summed E-state index contributed by atoms with van der Waals surface area (Å²) in [6.07, 6.45) is 0. The van der Waals surface area contributed by atoms with Gasteiger partial charge in [0.25, 0.3) is 0 Å². The Morgan fingerprint density at radius 1 is 0.923 bits per heavy atom. The summed E-state index contributed by atoms with van der Waals surface area (Å²) in [7, 11) is 5.03. The zero-order valence-corrected chi connectivity index (χ0v) is 16.1. The third-order valence-electron chi connectivity index (χ3n) is 4.61. The first-order chi connectivity index (χ1) is 12.6. The number of imidazole rings is 1. The molecule has 2 aromatic carbocycles. The molecule has 1 aromatic heterocycles. The van der Waals surface area contributed by atoms with Crippen molar-refractivity contribution in [2.24, 2.45) is 0 Å². The van der Waals surface area contributed by atoms with Crippen molar-refractivity contribution in [2.75, 3.05) is 27.9 Å². The van der Waals surface area contributed by atoms with Crippen LogP contribution in [-0.4, -0.2) is 37.5 Å². The van der Waals surface area contributed by atoms with E-state index >= 15 is 0 Å². The summed E-state index contributed by atoms with van der Waals surface area (Å²) in [6, 6.07) is 12.4. The molecule has 1 heterocycles. The number of hydrogen-bond donors (Lipinski definition) is 0. The second-order valence-electron chi connectivity index (χ2n) is 6.52. The first kappa shape index (κ1) is 18.3. The highest BCUT2D eigenvalue weighted by molar-refractivity contribution is 5.90. The molecule has 3 rings (SSSR count). The van der Waals surface area contributed by atoms with Gasteiger partial charge in [0.2, 0.25) is 0 Å². The van der Waals surface area contributed by atoms with Gasteiger partial charge in [-0.05, 0) is 23.6 Å². The van der Waals surface area contributed by atoms with Crippen LogP contribution >= 0.6 is 0 Å². The summed E-state index contributed by atoms with van der Waals surface area (Å²) in [5.74, 6) is 2.89. The predicted octanol–water partition coefficient (Wildman–Crippen LogP) is 4.49. The lowest BCUT2D eigenvalue weighted by molar-refractivity contribution is 0.188. The highest BCUT2D eigenvalue weighted by Crippen LogP contribution is 2.36. The number of aromatic nitrogens is 2. The van der Waals surface area contributed by atoms with Crippen LogP contribution in [0.5, 0.6) is 11.5 Å². The molecular formula is C21H26N2O3.